The van der Waals surface area contributed by atoms with E-state index in [4.69, 9.17) is 5.11 Å². The van der Waals surface area contributed by atoms with Gasteiger partial charge in [-0.15, -0.1) is 0 Å². The van der Waals surface area contributed by atoms with Crippen LogP contribution in [0.25, 0.3) is 0 Å². The van der Waals surface area contributed by atoms with Gasteiger partial charge in [-0.2, -0.15) is 0 Å². The number of hydrogen-bond donors (Lipinski definition) is 2. The number of nitrogens with one attached hydrogen (secondary N) is 1. The van der Waals surface area contributed by atoms with Crippen LogP contribution in [0.2, 0.25) is 0 Å². The van der Waals surface area contributed by atoms with E-state index < -0.39 is 5.97 Å². The van der Waals surface area contributed by atoms with Gasteiger partial charge >= 0.3 is 5.97 Å². The second-order valence-corrected chi connectivity index (χ2v) is 3.60. The number of aromatic carboxylic acids is 1. The van der Waals surface area contributed by atoms with Crippen molar-refractivity contribution in [2.24, 2.45) is 0 Å². The Labute approximate surface area is 83.7 Å². The molecule has 1 aromatic rings. The average molecular weight is 364 g/mol. The van der Waals surface area contributed by atoms with Crippen LogP contribution in [0.5, 0.6) is 0 Å². The molecule has 0 aliphatic carbocycles. The molecule has 0 unspecified atom stereocenters. The summed E-state index contributed by atoms with van der Waals surface area (Å²) < 4.78 is 1.45. The molecule has 10 heavy (non-hydrogen) atoms. The number of H-pyrrole nitrogens is 1. The van der Waals surface area contributed by atoms with Gasteiger partial charge in [0.05, 0.1) is 0 Å². The Balaban J connectivity index is 3.10. The van der Waals surface area contributed by atoms with E-state index in [2.05, 4.69) is 9.97 Å². The summed E-state index contributed by atoms with van der Waals surface area (Å²) in [6.07, 6.45) is 0. The lowest BCUT2D eigenvalue weighted by atomic mass is 10.6. The summed E-state index contributed by atoms with van der Waals surface area (Å²) in [7, 11) is 0. The van der Waals surface area contributed by atoms with E-state index in [1.165, 1.54) is 0 Å². The van der Waals surface area contributed by atoms with Crippen molar-refractivity contribution < 1.29 is 9.90 Å². The van der Waals surface area contributed by atoms with Gasteiger partial charge in [-0.3, -0.25) is 0 Å². The number of halogens is 2. The quantitative estimate of drug-likeness (QED) is 0.739. The first-order chi connectivity index (χ1) is 4.61. The van der Waals surface area contributed by atoms with Gasteiger partial charge in [0.15, 0.2) is 0 Å². The fourth-order valence-electron chi connectivity index (χ4n) is 0.432. The van der Waals surface area contributed by atoms with Gasteiger partial charge in [0.2, 0.25) is 5.82 Å². The summed E-state index contributed by atoms with van der Waals surface area (Å²) in [5.41, 5.74) is 0. The summed E-state index contributed by atoms with van der Waals surface area (Å²) >= 11 is 3.95. The van der Waals surface area contributed by atoms with Crippen LogP contribution in [0.15, 0.2) is 0 Å². The van der Waals surface area contributed by atoms with E-state index in [1.54, 1.807) is 0 Å². The van der Waals surface area contributed by atoms with Gasteiger partial charge in [0, 0.05) is 0 Å². The molecule has 0 spiro atoms. The van der Waals surface area contributed by atoms with Gasteiger partial charge in [0.25, 0.3) is 0 Å². The third kappa shape index (κ3) is 1.59. The number of aromatic nitrogens is 2. The molecule has 6 heteroatoms. The first kappa shape index (κ1) is 8.24. The second-order valence-electron chi connectivity index (χ2n) is 1.50. The molecule has 0 aliphatic rings. The molecule has 0 atom stereocenters. The summed E-state index contributed by atoms with van der Waals surface area (Å²) in [5.74, 6) is -1.03. The molecule has 0 radical (unpaired) electrons. The minimum Gasteiger partial charge on any atom is -0.475 e. The SMILES string of the molecule is O=C(O)c1nc(I)c(I)[nH]1. The molecular weight excluding hydrogens is 362 g/mol. The maximum absolute atomic E-state index is 10.3. The van der Waals surface area contributed by atoms with Crippen molar-refractivity contribution in [3.63, 3.8) is 0 Å². The lowest BCUT2D eigenvalue weighted by Gasteiger charge is -1.80. The molecule has 0 fully saturated rings. The zero-order valence-corrected chi connectivity index (χ0v) is 8.87. The van der Waals surface area contributed by atoms with Crippen molar-refractivity contribution in [3.05, 3.63) is 13.2 Å². The normalized spacial score (nSPS) is 9.80. The number of imidazole rings is 1. The van der Waals surface area contributed by atoms with Crippen LogP contribution in [0.4, 0.5) is 0 Å². The number of hydrogen-bond acceptors (Lipinski definition) is 2. The van der Waals surface area contributed by atoms with Gasteiger partial charge in [-0.05, 0) is 45.2 Å². The standard InChI is InChI=1S/C4H2I2N2O2/c5-1-2(6)8-3(7-1)4(9)10/h(H,7,8)(H,9,10). The van der Waals surface area contributed by atoms with Crippen molar-refractivity contribution in [3.8, 4) is 0 Å². The molecular formula is C4H2I2N2O2. The minimum atomic E-state index is -1.03. The molecule has 54 valence electrons. The molecule has 1 rings (SSSR count). The van der Waals surface area contributed by atoms with E-state index in [0.29, 0.717) is 3.70 Å². The zero-order chi connectivity index (χ0) is 7.72. The molecule has 0 saturated heterocycles. The van der Waals surface area contributed by atoms with E-state index in [-0.39, 0.29) is 5.82 Å². The van der Waals surface area contributed by atoms with Gasteiger partial charge in [-0.1, -0.05) is 0 Å². The minimum absolute atomic E-state index is 0.00574. The highest BCUT2D eigenvalue weighted by molar-refractivity contribution is 14.1. The molecule has 0 bridgehead atoms. The Hall–Kier alpha value is 0.140. The number of rotatable bonds is 1. The molecule has 0 amide bonds. The van der Waals surface area contributed by atoms with Crippen LogP contribution in [0, 0.1) is 7.40 Å². The van der Waals surface area contributed by atoms with Crippen molar-refractivity contribution in [1.29, 1.82) is 0 Å². The van der Waals surface area contributed by atoms with Crippen LogP contribution in [-0.4, -0.2) is 21.0 Å². The molecule has 1 heterocycles. The van der Waals surface area contributed by atoms with E-state index in [0.717, 1.165) is 3.70 Å². The van der Waals surface area contributed by atoms with Crippen molar-refractivity contribution in [2.45, 2.75) is 0 Å². The largest absolute Gasteiger partial charge is 0.475 e. The number of carbonyl (C=O) groups is 1. The van der Waals surface area contributed by atoms with E-state index >= 15 is 0 Å². The molecule has 4 nitrogen and oxygen atoms in total. The highest BCUT2D eigenvalue weighted by atomic mass is 127. The Morgan fingerprint density at radius 3 is 2.40 bits per heavy atom. The fraction of sp³-hybridized carbons (Fsp3) is 0. The Morgan fingerprint density at radius 1 is 1.60 bits per heavy atom. The molecule has 0 saturated carbocycles. The summed E-state index contributed by atoms with van der Waals surface area (Å²) in [4.78, 5) is 16.6. The van der Waals surface area contributed by atoms with Crippen LogP contribution in [-0.2, 0) is 0 Å². The summed E-state index contributed by atoms with van der Waals surface area (Å²) in [6.45, 7) is 0. The topological polar surface area (TPSA) is 66.0 Å². The van der Waals surface area contributed by atoms with Gasteiger partial charge < -0.3 is 10.1 Å². The predicted octanol–water partition coefficient (Wildman–Crippen LogP) is 1.32. The third-order valence-electron chi connectivity index (χ3n) is 0.822. The van der Waals surface area contributed by atoms with Crippen LogP contribution in [0.1, 0.15) is 10.6 Å². The number of aromatic amines is 1. The third-order valence-corrected chi connectivity index (χ3v) is 3.42. The summed E-state index contributed by atoms with van der Waals surface area (Å²) in [5, 5.41) is 8.42. The molecule has 0 aromatic carbocycles. The first-order valence-corrected chi connectivity index (χ1v) is 4.41. The van der Waals surface area contributed by atoms with E-state index in [9.17, 15) is 4.79 Å². The van der Waals surface area contributed by atoms with Crippen LogP contribution in [0.3, 0.4) is 0 Å². The smallest absolute Gasteiger partial charge is 0.371 e. The maximum Gasteiger partial charge on any atom is 0.371 e. The maximum atomic E-state index is 10.3. The summed E-state index contributed by atoms with van der Waals surface area (Å²) in [6, 6.07) is 0. The molecule has 2 N–H and O–H groups in total. The predicted molar refractivity (Wildman–Crippen MR) is 51.0 cm³/mol. The Bertz CT molecular complexity index is 251. The van der Waals surface area contributed by atoms with Crippen molar-refractivity contribution in [2.75, 3.05) is 0 Å². The number of carboxylic acids is 1. The number of nitrogens with zero attached hydrogens (tertiary/aromatic N) is 1. The highest BCUT2D eigenvalue weighted by Crippen LogP contribution is 2.10. The Morgan fingerprint density at radius 2 is 2.20 bits per heavy atom. The van der Waals surface area contributed by atoms with Gasteiger partial charge in [0.1, 0.15) is 7.40 Å². The van der Waals surface area contributed by atoms with Crippen LogP contribution >= 0.6 is 45.2 Å². The molecule has 0 aliphatic heterocycles. The highest BCUT2D eigenvalue weighted by Gasteiger charge is 2.09. The van der Waals surface area contributed by atoms with Crippen molar-refractivity contribution in [1.82, 2.24) is 9.97 Å². The molecule has 1 aromatic heterocycles. The fourth-order valence-corrected chi connectivity index (χ4v) is 1.18. The monoisotopic (exact) mass is 364 g/mol. The lowest BCUT2D eigenvalue weighted by molar-refractivity contribution is 0.0684. The van der Waals surface area contributed by atoms with E-state index in [1.807, 2.05) is 45.2 Å². The first-order valence-electron chi connectivity index (χ1n) is 2.25. The lowest BCUT2D eigenvalue weighted by Crippen LogP contribution is -1.98. The average Bonchev–Trinajstić information content (AvgIpc) is 2.13. The van der Waals surface area contributed by atoms with Gasteiger partial charge in [-0.25, -0.2) is 9.78 Å². The zero-order valence-electron chi connectivity index (χ0n) is 4.56. The Kier molecular flexibility index (Phi) is 2.50. The second kappa shape index (κ2) is 3.03. The number of carboxylic acid groups (broad SMARTS) is 1. The van der Waals surface area contributed by atoms with Crippen LogP contribution < -0.4 is 0 Å². The van der Waals surface area contributed by atoms with Crippen molar-refractivity contribution >= 4 is 51.2 Å².